The van der Waals surface area contributed by atoms with E-state index < -0.39 is 15.2 Å². The predicted octanol–water partition coefficient (Wildman–Crippen LogP) is 2.43. The number of carbonyl (C=O) groups is 1. The number of nitrogens with zero attached hydrogens (tertiary/aromatic N) is 5. The molecule has 0 spiro atoms. The Hall–Kier alpha value is -2.10. The van der Waals surface area contributed by atoms with E-state index in [9.17, 15) is 13.6 Å². The molecule has 25 heavy (non-hydrogen) atoms. The quantitative estimate of drug-likeness (QED) is 0.579. The van der Waals surface area contributed by atoms with E-state index in [0.29, 0.717) is 18.8 Å². The molecule has 1 heterocycles. The van der Waals surface area contributed by atoms with Crippen molar-refractivity contribution in [2.24, 2.45) is 0 Å². The Labute approximate surface area is 150 Å². The maximum Gasteiger partial charge on any atom is 0.366 e. The molecular weight excluding hydrogens is 342 g/mol. The van der Waals surface area contributed by atoms with E-state index in [1.54, 1.807) is 43.0 Å². The third kappa shape index (κ3) is 3.35. The van der Waals surface area contributed by atoms with Gasteiger partial charge in [-0.15, -0.1) is 3.89 Å². The summed E-state index contributed by atoms with van der Waals surface area (Å²) < 4.78 is 25.1. The molecule has 0 bridgehead atoms. The molecule has 0 aliphatic heterocycles. The molecule has 1 aromatic carbocycles. The summed E-state index contributed by atoms with van der Waals surface area (Å²) in [6, 6.07) is 8.02. The van der Waals surface area contributed by atoms with Crippen LogP contribution in [0.5, 0.6) is 0 Å². The van der Waals surface area contributed by atoms with E-state index in [1.165, 1.54) is 6.33 Å². The second-order valence-corrected chi connectivity index (χ2v) is 6.76. The normalized spacial score (nSPS) is 15.0. The number of rotatable bonds is 6. The molecule has 2 aromatic rings. The smallest absolute Gasteiger partial charge is 0.366 e. The second-order valence-electron chi connectivity index (χ2n) is 5.75. The van der Waals surface area contributed by atoms with Crippen molar-refractivity contribution in [1.82, 2.24) is 23.6 Å². The molecule has 0 fully saturated rings. The Morgan fingerprint density at radius 3 is 2.36 bits per heavy atom. The summed E-state index contributed by atoms with van der Waals surface area (Å²) in [6.45, 7) is 8.34. The molecule has 0 saturated carbocycles. The Morgan fingerprint density at radius 1 is 1.28 bits per heavy atom. The molecule has 0 aliphatic rings. The fraction of sp³-hybridized carbons (Fsp3) is 0.438. The number of para-hydroxylation sites is 1. The second kappa shape index (κ2) is 7.85. The Balaban J connectivity index is 2.58. The first-order valence-corrected chi connectivity index (χ1v) is 9.18. The maximum atomic E-state index is 12.4. The van der Waals surface area contributed by atoms with Crippen LogP contribution >= 0.6 is 0 Å². The first-order chi connectivity index (χ1) is 11.9. The van der Waals surface area contributed by atoms with Gasteiger partial charge < -0.3 is 9.45 Å². The summed E-state index contributed by atoms with van der Waals surface area (Å²) in [4.78, 5) is 18.2. The van der Waals surface area contributed by atoms with Crippen molar-refractivity contribution in [2.45, 2.75) is 33.7 Å². The topological polar surface area (TPSA) is 91.2 Å². The number of carbonyl (C=O) groups excluding carboxylic acids is 1. The molecule has 136 valence electrons. The molecule has 2 unspecified atom stereocenters. The number of quaternary nitrogens is 1. The predicted molar refractivity (Wildman–Crippen MR) is 95.7 cm³/mol. The maximum absolute atomic E-state index is 12.4. The highest BCUT2D eigenvalue weighted by Crippen LogP contribution is 2.36. The molecular formula is C16H23N5O3S. The van der Waals surface area contributed by atoms with Crippen molar-refractivity contribution in [3.8, 4) is 0 Å². The van der Waals surface area contributed by atoms with Gasteiger partial charge in [-0.3, -0.25) is 0 Å². The third-order valence-corrected chi connectivity index (χ3v) is 5.37. The van der Waals surface area contributed by atoms with E-state index in [-0.39, 0.29) is 18.0 Å². The van der Waals surface area contributed by atoms with Gasteiger partial charge in [0.2, 0.25) is 0 Å². The summed E-state index contributed by atoms with van der Waals surface area (Å²) in [7, 11) is 0. The molecule has 2 rings (SSSR count). The van der Waals surface area contributed by atoms with Crippen LogP contribution in [0.3, 0.4) is 0 Å². The fourth-order valence-electron chi connectivity index (χ4n) is 2.76. The van der Waals surface area contributed by atoms with Gasteiger partial charge in [0, 0.05) is 25.2 Å². The van der Waals surface area contributed by atoms with Gasteiger partial charge in [-0.1, -0.05) is 23.3 Å². The first kappa shape index (κ1) is 19.2. The average Bonchev–Trinajstić information content (AvgIpc) is 3.07. The standard InChI is InChI=1S/C16H23N5O3S/c1-5-19(6-2)16(22)20-12-17-15(18-20)21(13(3)4,25(23)24)14-10-8-7-9-11-14/h7-13H,5-6H2,1-4H3. The van der Waals surface area contributed by atoms with Crippen molar-refractivity contribution in [3.05, 3.63) is 36.7 Å². The van der Waals surface area contributed by atoms with Crippen LogP contribution < -0.4 is 3.89 Å². The zero-order chi connectivity index (χ0) is 18.6. The molecule has 8 nitrogen and oxygen atoms in total. The molecule has 9 heteroatoms. The van der Waals surface area contributed by atoms with Gasteiger partial charge in [-0.25, -0.2) is 9.00 Å². The lowest BCUT2D eigenvalue weighted by molar-refractivity contribution is 0.201. The number of benzene rings is 1. The van der Waals surface area contributed by atoms with E-state index >= 15 is 0 Å². The van der Waals surface area contributed by atoms with Crippen molar-refractivity contribution in [1.29, 1.82) is 0 Å². The van der Waals surface area contributed by atoms with E-state index in [2.05, 4.69) is 10.1 Å². The molecule has 0 radical (unpaired) electrons. The van der Waals surface area contributed by atoms with Crippen LogP contribution in [0.25, 0.3) is 0 Å². The lowest BCUT2D eigenvalue weighted by atomic mass is 10.2. The third-order valence-electron chi connectivity index (χ3n) is 4.11. The van der Waals surface area contributed by atoms with Crippen LogP contribution in [0, 0.1) is 0 Å². The van der Waals surface area contributed by atoms with Gasteiger partial charge in [0.25, 0.3) is 0 Å². The zero-order valence-electron chi connectivity index (χ0n) is 14.8. The highest BCUT2D eigenvalue weighted by Gasteiger charge is 2.43. The van der Waals surface area contributed by atoms with Crippen LogP contribution in [-0.4, -0.2) is 53.6 Å². The average molecular weight is 365 g/mol. The van der Waals surface area contributed by atoms with Crippen LogP contribution in [0.1, 0.15) is 27.7 Å². The van der Waals surface area contributed by atoms with Gasteiger partial charge >= 0.3 is 12.0 Å². The van der Waals surface area contributed by atoms with Gasteiger partial charge in [0.1, 0.15) is 12.4 Å². The summed E-state index contributed by atoms with van der Waals surface area (Å²) in [6.07, 6.45) is 1.27. The minimum atomic E-state index is -2.58. The van der Waals surface area contributed by atoms with E-state index in [0.717, 1.165) is 4.68 Å². The lowest BCUT2D eigenvalue weighted by Gasteiger charge is -2.37. The summed E-state index contributed by atoms with van der Waals surface area (Å²) in [5.41, 5.74) is 0.513. The van der Waals surface area contributed by atoms with Gasteiger partial charge in [0.05, 0.1) is 0 Å². The molecule has 0 aliphatic carbocycles. The highest BCUT2D eigenvalue weighted by atomic mass is 32.2. The number of hydrogen-bond acceptors (Lipinski definition) is 5. The fourth-order valence-corrected chi connectivity index (χ4v) is 3.61. The SMILES string of the molecule is CCN(CC)C(=O)n1cnc([N+](c2ccccc2)(C(C)C)S(=O)[O-])n1. The molecule has 1 aromatic heterocycles. The van der Waals surface area contributed by atoms with Crippen molar-refractivity contribution >= 4 is 28.9 Å². The lowest BCUT2D eigenvalue weighted by Crippen LogP contribution is -2.52. The highest BCUT2D eigenvalue weighted by molar-refractivity contribution is 7.79. The Morgan fingerprint density at radius 2 is 1.88 bits per heavy atom. The van der Waals surface area contributed by atoms with Crippen molar-refractivity contribution in [2.75, 3.05) is 13.1 Å². The summed E-state index contributed by atoms with van der Waals surface area (Å²) in [5.74, 6) is 0.0371. The summed E-state index contributed by atoms with van der Waals surface area (Å²) >= 11 is -2.58. The summed E-state index contributed by atoms with van der Waals surface area (Å²) in [5, 5.41) is 4.21. The minimum absolute atomic E-state index is 0.0371. The molecule has 1 amide bonds. The molecule has 0 saturated heterocycles. The first-order valence-electron chi connectivity index (χ1n) is 8.15. The monoisotopic (exact) mass is 365 g/mol. The minimum Gasteiger partial charge on any atom is -0.724 e. The van der Waals surface area contributed by atoms with Crippen LogP contribution in [0.15, 0.2) is 36.7 Å². The molecule has 2 atom stereocenters. The van der Waals surface area contributed by atoms with Crippen LogP contribution in [0.4, 0.5) is 16.4 Å². The van der Waals surface area contributed by atoms with Crippen molar-refractivity contribution in [3.63, 3.8) is 0 Å². The van der Waals surface area contributed by atoms with Gasteiger partial charge in [0.15, 0.2) is 17.0 Å². The number of amides is 1. The zero-order valence-corrected chi connectivity index (χ0v) is 15.6. The number of aromatic nitrogens is 3. The number of hydrogen-bond donors (Lipinski definition) is 0. The van der Waals surface area contributed by atoms with E-state index in [4.69, 9.17) is 0 Å². The van der Waals surface area contributed by atoms with Gasteiger partial charge in [-0.2, -0.15) is 9.67 Å². The Kier molecular flexibility index (Phi) is 6.04. The Bertz CT molecular complexity index is 745. The van der Waals surface area contributed by atoms with Gasteiger partial charge in [-0.05, 0) is 27.7 Å². The van der Waals surface area contributed by atoms with Crippen LogP contribution in [-0.2, 0) is 11.3 Å². The molecule has 0 N–H and O–H groups in total. The van der Waals surface area contributed by atoms with E-state index in [1.807, 2.05) is 19.9 Å². The van der Waals surface area contributed by atoms with Crippen LogP contribution in [0.2, 0.25) is 0 Å². The largest absolute Gasteiger partial charge is 0.724 e. The van der Waals surface area contributed by atoms with Crippen molar-refractivity contribution < 1.29 is 13.6 Å².